The third-order valence-corrected chi connectivity index (χ3v) is 4.73. The van der Waals surface area contributed by atoms with E-state index in [0.29, 0.717) is 36.7 Å². The number of fused-ring (bicyclic) bond motifs is 1. The topological polar surface area (TPSA) is 68.6 Å². The molecule has 30 heavy (non-hydrogen) atoms. The number of ether oxygens (including phenoxy) is 3. The summed E-state index contributed by atoms with van der Waals surface area (Å²) in [7, 11) is 0. The molecule has 5 nitrogen and oxygen atoms in total. The van der Waals surface area contributed by atoms with Gasteiger partial charge in [0.05, 0.1) is 6.61 Å². The summed E-state index contributed by atoms with van der Waals surface area (Å²) in [4.78, 5) is 11.6. The number of Topliss-reactive ketones (excluding diaryl/α,β-unsaturated/α-hetero) is 1. The molecule has 5 heteroatoms. The molecule has 0 saturated carbocycles. The zero-order valence-corrected chi connectivity index (χ0v) is 17.4. The van der Waals surface area contributed by atoms with E-state index in [2.05, 4.69) is 6.92 Å². The molecule has 0 saturated heterocycles. The van der Waals surface area contributed by atoms with Gasteiger partial charge in [0.2, 0.25) is 0 Å². The molecule has 0 amide bonds. The molecule has 156 valence electrons. The molecule has 0 bridgehead atoms. The van der Waals surface area contributed by atoms with Gasteiger partial charge in [0.25, 0.3) is 0 Å². The fourth-order valence-corrected chi connectivity index (χ4v) is 3.14. The summed E-state index contributed by atoms with van der Waals surface area (Å²) in [6.45, 7) is 5.88. The van der Waals surface area contributed by atoms with Crippen molar-refractivity contribution in [2.24, 2.45) is 0 Å². The summed E-state index contributed by atoms with van der Waals surface area (Å²) < 4.78 is 17.1. The molecule has 0 fully saturated rings. The van der Waals surface area contributed by atoms with Gasteiger partial charge in [-0.25, -0.2) is 0 Å². The smallest absolute Gasteiger partial charge is 0.159 e. The quantitative estimate of drug-likeness (QED) is 0.263. The van der Waals surface area contributed by atoms with Gasteiger partial charge in [-0.05, 0) is 53.9 Å². The van der Waals surface area contributed by atoms with E-state index >= 15 is 0 Å². The molecule has 0 aliphatic carbocycles. The van der Waals surface area contributed by atoms with Crippen molar-refractivity contribution >= 4 is 22.8 Å². The Morgan fingerprint density at radius 3 is 2.47 bits per heavy atom. The monoisotopic (exact) mass is 405 g/mol. The normalized spacial score (nSPS) is 10.7. The number of hydrogen-bond acceptors (Lipinski definition) is 5. The van der Waals surface area contributed by atoms with Gasteiger partial charge in [0.15, 0.2) is 5.78 Å². The van der Waals surface area contributed by atoms with E-state index in [1.54, 1.807) is 13.0 Å². The summed E-state index contributed by atoms with van der Waals surface area (Å²) in [6.07, 6.45) is 2.30. The van der Waals surface area contributed by atoms with Crippen molar-refractivity contribution in [1.29, 1.82) is 5.41 Å². The average molecular weight is 405 g/mol. The standard InChI is InChI=1S/C25H27NO4/c1-3-12-28-13-14-29-22-8-4-19(5-9-22)17-30-25-11-7-21-15-20(18(2)27)6-10-23(21)24(25)16-26/h4-11,15-16,26H,3,12-14,17H2,1-2H3. The van der Waals surface area contributed by atoms with Crippen molar-refractivity contribution in [3.63, 3.8) is 0 Å². The Hall–Kier alpha value is -3.18. The van der Waals surface area contributed by atoms with Crippen LogP contribution in [0.25, 0.3) is 10.8 Å². The van der Waals surface area contributed by atoms with Crippen LogP contribution in [0.3, 0.4) is 0 Å². The molecule has 0 atom stereocenters. The minimum Gasteiger partial charge on any atom is -0.491 e. The highest BCUT2D eigenvalue weighted by molar-refractivity contribution is 6.05. The van der Waals surface area contributed by atoms with Crippen LogP contribution in [-0.4, -0.2) is 31.8 Å². The molecule has 3 aromatic carbocycles. The molecule has 3 rings (SSSR count). The first-order valence-corrected chi connectivity index (χ1v) is 10.1. The SMILES string of the molecule is CCCOCCOc1ccc(COc2ccc3cc(C(C)=O)ccc3c2C=N)cc1. The Balaban J connectivity index is 1.64. The third-order valence-electron chi connectivity index (χ3n) is 4.73. The molecule has 3 aromatic rings. The first kappa shape index (κ1) is 21.5. The van der Waals surface area contributed by atoms with E-state index in [1.807, 2.05) is 48.5 Å². The molecule has 0 heterocycles. The Morgan fingerprint density at radius 2 is 1.77 bits per heavy atom. The van der Waals surface area contributed by atoms with Gasteiger partial charge in [-0.1, -0.05) is 37.3 Å². The van der Waals surface area contributed by atoms with Crippen molar-refractivity contribution in [3.05, 3.63) is 71.3 Å². The van der Waals surface area contributed by atoms with E-state index in [1.165, 1.54) is 6.21 Å². The van der Waals surface area contributed by atoms with Crippen LogP contribution in [0.4, 0.5) is 0 Å². The number of carbonyl (C=O) groups excluding carboxylic acids is 1. The van der Waals surface area contributed by atoms with Crippen LogP contribution < -0.4 is 9.47 Å². The van der Waals surface area contributed by atoms with Crippen LogP contribution in [0.2, 0.25) is 0 Å². The maximum Gasteiger partial charge on any atom is 0.159 e. The van der Waals surface area contributed by atoms with E-state index in [9.17, 15) is 4.79 Å². The zero-order valence-electron chi connectivity index (χ0n) is 17.4. The van der Waals surface area contributed by atoms with E-state index in [4.69, 9.17) is 19.6 Å². The van der Waals surface area contributed by atoms with Gasteiger partial charge in [0.1, 0.15) is 24.7 Å². The van der Waals surface area contributed by atoms with Crippen molar-refractivity contribution < 1.29 is 19.0 Å². The second-order valence-electron chi connectivity index (χ2n) is 7.01. The number of nitrogens with one attached hydrogen (secondary N) is 1. The second-order valence-corrected chi connectivity index (χ2v) is 7.01. The summed E-state index contributed by atoms with van der Waals surface area (Å²) in [5.41, 5.74) is 2.37. The van der Waals surface area contributed by atoms with Crippen LogP contribution >= 0.6 is 0 Å². The molecular weight excluding hydrogens is 378 g/mol. The van der Waals surface area contributed by atoms with Gasteiger partial charge in [-0.15, -0.1) is 0 Å². The maximum absolute atomic E-state index is 11.6. The van der Waals surface area contributed by atoms with Gasteiger partial charge >= 0.3 is 0 Å². The molecule has 0 spiro atoms. The van der Waals surface area contributed by atoms with Gasteiger partial charge in [0, 0.05) is 23.9 Å². The van der Waals surface area contributed by atoms with E-state index in [0.717, 1.165) is 35.1 Å². The Labute approximate surface area is 177 Å². The van der Waals surface area contributed by atoms with Gasteiger partial charge < -0.3 is 19.6 Å². The molecule has 0 unspecified atom stereocenters. The number of rotatable bonds is 11. The van der Waals surface area contributed by atoms with Crippen LogP contribution in [0.1, 0.15) is 41.8 Å². The fourth-order valence-electron chi connectivity index (χ4n) is 3.14. The average Bonchev–Trinajstić information content (AvgIpc) is 2.77. The lowest BCUT2D eigenvalue weighted by atomic mass is 10.0. The summed E-state index contributed by atoms with van der Waals surface area (Å²) >= 11 is 0. The largest absolute Gasteiger partial charge is 0.491 e. The zero-order chi connectivity index (χ0) is 21.3. The van der Waals surface area contributed by atoms with Crippen molar-refractivity contribution in [2.75, 3.05) is 19.8 Å². The Morgan fingerprint density at radius 1 is 0.967 bits per heavy atom. The molecule has 0 aliphatic heterocycles. The number of benzene rings is 3. The number of carbonyl (C=O) groups is 1. The van der Waals surface area contributed by atoms with Crippen molar-refractivity contribution in [1.82, 2.24) is 0 Å². The first-order valence-electron chi connectivity index (χ1n) is 10.1. The van der Waals surface area contributed by atoms with Gasteiger partial charge in [-0.3, -0.25) is 4.79 Å². The molecule has 0 aliphatic rings. The molecular formula is C25H27NO4. The van der Waals surface area contributed by atoms with Crippen molar-refractivity contribution in [3.8, 4) is 11.5 Å². The third kappa shape index (κ3) is 5.45. The lowest BCUT2D eigenvalue weighted by Crippen LogP contribution is -2.07. The summed E-state index contributed by atoms with van der Waals surface area (Å²) in [6, 6.07) is 17.0. The molecule has 0 aromatic heterocycles. The summed E-state index contributed by atoms with van der Waals surface area (Å²) in [5, 5.41) is 9.63. The lowest BCUT2D eigenvalue weighted by molar-refractivity contribution is 0.101. The Bertz CT molecular complexity index is 1010. The van der Waals surface area contributed by atoms with Crippen LogP contribution in [0, 0.1) is 5.41 Å². The number of ketones is 1. The number of hydrogen-bond donors (Lipinski definition) is 1. The van der Waals surface area contributed by atoms with Crippen LogP contribution in [0.5, 0.6) is 11.5 Å². The fraction of sp³-hybridized carbons (Fsp3) is 0.280. The highest BCUT2D eigenvalue weighted by Crippen LogP contribution is 2.28. The van der Waals surface area contributed by atoms with E-state index < -0.39 is 0 Å². The van der Waals surface area contributed by atoms with E-state index in [-0.39, 0.29) is 5.78 Å². The minimum atomic E-state index is 0.0227. The molecule has 1 N–H and O–H groups in total. The van der Waals surface area contributed by atoms with Crippen LogP contribution in [-0.2, 0) is 11.3 Å². The minimum absolute atomic E-state index is 0.0227. The van der Waals surface area contributed by atoms with Gasteiger partial charge in [-0.2, -0.15) is 0 Å². The Kier molecular flexibility index (Phi) is 7.57. The van der Waals surface area contributed by atoms with Crippen molar-refractivity contribution in [2.45, 2.75) is 26.9 Å². The highest BCUT2D eigenvalue weighted by Gasteiger charge is 2.09. The maximum atomic E-state index is 11.6. The summed E-state index contributed by atoms with van der Waals surface area (Å²) in [5.74, 6) is 1.46. The highest BCUT2D eigenvalue weighted by atomic mass is 16.5. The van der Waals surface area contributed by atoms with Crippen LogP contribution in [0.15, 0.2) is 54.6 Å². The second kappa shape index (κ2) is 10.6. The first-order chi connectivity index (χ1) is 14.6. The lowest BCUT2D eigenvalue weighted by Gasteiger charge is -2.13. The predicted molar refractivity (Wildman–Crippen MR) is 119 cm³/mol. The predicted octanol–water partition coefficient (Wildman–Crippen LogP) is 5.42. The molecule has 0 radical (unpaired) electrons.